The lowest BCUT2D eigenvalue weighted by Gasteiger charge is -2.08. The lowest BCUT2D eigenvalue weighted by molar-refractivity contribution is 0.405. The highest BCUT2D eigenvalue weighted by atomic mass is 16.3. The predicted molar refractivity (Wildman–Crippen MR) is 122 cm³/mol. The van der Waals surface area contributed by atoms with E-state index in [1.54, 1.807) is 6.08 Å². The quantitative estimate of drug-likeness (QED) is 0.744. The Hall–Kier alpha value is -4.52. The summed E-state index contributed by atoms with van der Waals surface area (Å²) in [7, 11) is 0. The Labute approximate surface area is 177 Å². The minimum absolute atomic E-state index is 0.0809. The second kappa shape index (κ2) is 6.50. The minimum atomic E-state index is -0.0809. The molecular formula is C24H15N5O2. The molecule has 6 heterocycles. The van der Waals surface area contributed by atoms with E-state index in [4.69, 9.17) is 0 Å². The molecule has 0 fully saturated rings. The zero-order chi connectivity index (χ0) is 20.9. The van der Waals surface area contributed by atoms with Gasteiger partial charge in [0.05, 0.1) is 51.3 Å². The minimum Gasteiger partial charge on any atom is -0.494 e. The van der Waals surface area contributed by atoms with Crippen LogP contribution in [0.3, 0.4) is 0 Å². The van der Waals surface area contributed by atoms with Crippen LogP contribution in [0.5, 0.6) is 11.8 Å². The average Bonchev–Trinajstić information content (AvgIpc) is 3.54. The van der Waals surface area contributed by atoms with Crippen molar-refractivity contribution in [2.75, 3.05) is 0 Å². The van der Waals surface area contributed by atoms with Gasteiger partial charge in [-0.2, -0.15) is 0 Å². The van der Waals surface area contributed by atoms with Gasteiger partial charge in [0.2, 0.25) is 0 Å². The maximum Gasteiger partial charge on any atom is 0.198 e. The van der Waals surface area contributed by atoms with Crippen molar-refractivity contribution in [3.05, 3.63) is 102 Å². The van der Waals surface area contributed by atoms with Crippen molar-refractivity contribution in [1.82, 2.24) is 4.57 Å². The van der Waals surface area contributed by atoms with Crippen molar-refractivity contribution in [2.24, 2.45) is 20.0 Å². The smallest absolute Gasteiger partial charge is 0.198 e. The van der Waals surface area contributed by atoms with Crippen LogP contribution in [0.2, 0.25) is 0 Å². The van der Waals surface area contributed by atoms with E-state index in [0.29, 0.717) is 22.8 Å². The number of nitrogens with zero attached hydrogens (tertiary/aromatic N) is 5. The molecule has 0 aromatic carbocycles. The van der Waals surface area contributed by atoms with Crippen molar-refractivity contribution in [2.45, 2.75) is 0 Å². The van der Waals surface area contributed by atoms with Gasteiger partial charge in [0, 0.05) is 12.1 Å². The topological polar surface area (TPSA) is 94.8 Å². The first kappa shape index (κ1) is 17.3. The summed E-state index contributed by atoms with van der Waals surface area (Å²) in [6, 6.07) is 2.86. The summed E-state index contributed by atoms with van der Waals surface area (Å²) in [5.74, 6) is -0.162. The van der Waals surface area contributed by atoms with E-state index < -0.39 is 0 Å². The molecule has 8 bridgehead atoms. The molecule has 1 aromatic heterocycles. The fraction of sp³-hybridized carbons (Fsp3) is 0. The van der Waals surface area contributed by atoms with Crippen molar-refractivity contribution < 1.29 is 10.2 Å². The lowest BCUT2D eigenvalue weighted by atomic mass is 10.2. The van der Waals surface area contributed by atoms with Crippen LogP contribution in [0.4, 0.5) is 0 Å². The van der Waals surface area contributed by atoms with Crippen molar-refractivity contribution in [1.29, 1.82) is 0 Å². The molecule has 1 aromatic rings. The highest BCUT2D eigenvalue weighted by Gasteiger charge is 2.21. The van der Waals surface area contributed by atoms with Gasteiger partial charge in [-0.3, -0.25) is 0 Å². The second-order valence-electron chi connectivity index (χ2n) is 7.30. The van der Waals surface area contributed by atoms with Gasteiger partial charge in [0.1, 0.15) is 0 Å². The molecule has 0 atom stereocenters. The molecule has 0 aliphatic carbocycles. The van der Waals surface area contributed by atoms with Crippen LogP contribution >= 0.6 is 0 Å². The monoisotopic (exact) mass is 405 g/mol. The van der Waals surface area contributed by atoms with Crippen LogP contribution in [0, 0.1) is 0 Å². The number of aromatic hydroxyl groups is 2. The molecule has 5 aliphatic heterocycles. The third-order valence-electron chi connectivity index (χ3n) is 5.10. The van der Waals surface area contributed by atoms with Gasteiger partial charge in [0.25, 0.3) is 0 Å². The first-order valence-electron chi connectivity index (χ1n) is 9.69. The zero-order valence-corrected chi connectivity index (χ0v) is 16.1. The Morgan fingerprint density at radius 1 is 0.516 bits per heavy atom. The number of hydrogen-bond acceptors (Lipinski definition) is 6. The Balaban J connectivity index is 1.53. The number of rotatable bonds is 1. The molecule has 0 spiro atoms. The molecule has 0 saturated heterocycles. The van der Waals surface area contributed by atoms with E-state index in [-0.39, 0.29) is 11.8 Å². The van der Waals surface area contributed by atoms with Gasteiger partial charge in [0.15, 0.2) is 11.8 Å². The molecule has 6 rings (SSSR count). The third kappa shape index (κ3) is 3.08. The molecule has 0 unspecified atom stereocenters. The Kier molecular flexibility index (Phi) is 3.64. The first-order valence-corrected chi connectivity index (χ1v) is 9.69. The maximum atomic E-state index is 10.2. The summed E-state index contributed by atoms with van der Waals surface area (Å²) in [5, 5.41) is 20.5. The van der Waals surface area contributed by atoms with Crippen molar-refractivity contribution in [3.8, 4) is 11.8 Å². The molecule has 5 aliphatic rings. The molecule has 148 valence electrons. The van der Waals surface area contributed by atoms with E-state index >= 15 is 0 Å². The molecular weight excluding hydrogens is 390 g/mol. The molecule has 7 nitrogen and oxygen atoms in total. The summed E-state index contributed by atoms with van der Waals surface area (Å²) < 4.78 is 1.34. The van der Waals surface area contributed by atoms with Gasteiger partial charge in [-0.05, 0) is 66.8 Å². The van der Waals surface area contributed by atoms with Crippen molar-refractivity contribution >= 4 is 28.5 Å². The van der Waals surface area contributed by atoms with Crippen LogP contribution in [0.15, 0.2) is 122 Å². The number of aliphatic imine (C=N–C) groups is 4. The normalized spacial score (nSPS) is 20.6. The van der Waals surface area contributed by atoms with Crippen LogP contribution in [0.1, 0.15) is 0 Å². The molecule has 0 radical (unpaired) electrons. The standard InChI is InChI=1S/C24H15N5O2/c30-23-7-8-24(31)29(23)22-13-20-11-18-4-3-16(26-18)9-14-1-2-15(25-14)10-17-5-6-19(27-17)12-21(22)28-20/h1-13,30-31H. The van der Waals surface area contributed by atoms with E-state index in [9.17, 15) is 10.2 Å². The average molecular weight is 405 g/mol. The predicted octanol–water partition coefficient (Wildman–Crippen LogP) is 3.78. The highest BCUT2D eigenvalue weighted by Crippen LogP contribution is 2.34. The highest BCUT2D eigenvalue weighted by molar-refractivity contribution is 6.17. The van der Waals surface area contributed by atoms with Crippen molar-refractivity contribution in [3.63, 3.8) is 0 Å². The van der Waals surface area contributed by atoms with E-state index in [2.05, 4.69) is 20.0 Å². The van der Waals surface area contributed by atoms with Crippen LogP contribution in [-0.4, -0.2) is 37.6 Å². The summed E-state index contributed by atoms with van der Waals surface area (Å²) in [4.78, 5) is 18.5. The van der Waals surface area contributed by atoms with Gasteiger partial charge < -0.3 is 10.2 Å². The van der Waals surface area contributed by atoms with Crippen LogP contribution < -0.4 is 0 Å². The molecule has 0 amide bonds. The SMILES string of the molecule is Oc1ccc(O)n1C1=CC2=NC1=CC1=NC(=CC3=NC(=CC4=NC(=C2)C=C4)C=C3)C=C1. The summed E-state index contributed by atoms with van der Waals surface area (Å²) in [5.41, 5.74) is 6.45. The first-order chi connectivity index (χ1) is 15.1. The fourth-order valence-electron chi connectivity index (χ4n) is 3.72. The largest absolute Gasteiger partial charge is 0.494 e. The van der Waals surface area contributed by atoms with E-state index in [0.717, 1.165) is 28.5 Å². The van der Waals surface area contributed by atoms with Gasteiger partial charge in [-0.25, -0.2) is 24.5 Å². The molecule has 2 N–H and O–H groups in total. The number of hydrogen-bond donors (Lipinski definition) is 2. The van der Waals surface area contributed by atoms with Crippen LogP contribution in [-0.2, 0) is 0 Å². The zero-order valence-electron chi connectivity index (χ0n) is 16.1. The lowest BCUT2D eigenvalue weighted by Crippen LogP contribution is -1.98. The number of allylic oxidation sites excluding steroid dienone is 12. The Bertz CT molecular complexity index is 1410. The van der Waals surface area contributed by atoms with Crippen LogP contribution in [0.25, 0.3) is 5.70 Å². The molecule has 0 saturated carbocycles. The van der Waals surface area contributed by atoms with E-state index in [1.807, 2.05) is 60.8 Å². The second-order valence-corrected chi connectivity index (χ2v) is 7.30. The number of fused-ring (bicyclic) bond motifs is 4. The summed E-state index contributed by atoms with van der Waals surface area (Å²) in [6.45, 7) is 0. The van der Waals surface area contributed by atoms with Gasteiger partial charge in [-0.1, -0.05) is 0 Å². The Morgan fingerprint density at radius 2 is 1.00 bits per heavy atom. The summed E-state index contributed by atoms with van der Waals surface area (Å²) >= 11 is 0. The summed E-state index contributed by atoms with van der Waals surface area (Å²) in [6.07, 6.45) is 20.8. The maximum absolute atomic E-state index is 10.2. The third-order valence-corrected chi connectivity index (χ3v) is 5.10. The van der Waals surface area contributed by atoms with Gasteiger partial charge in [-0.15, -0.1) is 0 Å². The Morgan fingerprint density at radius 3 is 1.55 bits per heavy atom. The fourth-order valence-corrected chi connectivity index (χ4v) is 3.72. The molecule has 7 heteroatoms. The molecule has 31 heavy (non-hydrogen) atoms. The van der Waals surface area contributed by atoms with E-state index in [1.165, 1.54) is 16.7 Å². The van der Waals surface area contributed by atoms with Gasteiger partial charge >= 0.3 is 0 Å². The number of aromatic nitrogens is 1.